The van der Waals surface area contributed by atoms with Crippen LogP contribution < -0.4 is 5.32 Å². The second-order valence-electron chi connectivity index (χ2n) is 5.59. The number of carbonyl (C=O) groups is 1. The van der Waals surface area contributed by atoms with Gasteiger partial charge in [0.25, 0.3) is 0 Å². The highest BCUT2D eigenvalue weighted by atomic mass is 32.2. The van der Waals surface area contributed by atoms with Crippen LogP contribution in [0, 0.1) is 11.6 Å². The number of hydrogen-bond acceptors (Lipinski definition) is 3. The lowest BCUT2D eigenvalue weighted by molar-refractivity contribution is -0.119. The zero-order chi connectivity index (χ0) is 17.0. The molecule has 0 aliphatic carbocycles. The fourth-order valence-corrected chi connectivity index (χ4v) is 4.68. The first-order chi connectivity index (χ1) is 10.8. The van der Waals surface area contributed by atoms with E-state index in [0.717, 1.165) is 24.6 Å². The molecule has 1 heterocycles. The van der Waals surface area contributed by atoms with Gasteiger partial charge in [-0.15, -0.1) is 0 Å². The van der Waals surface area contributed by atoms with Gasteiger partial charge in [-0.1, -0.05) is 12.5 Å². The van der Waals surface area contributed by atoms with Crippen molar-refractivity contribution < 1.29 is 22.0 Å². The molecular weight excluding hydrogens is 326 g/mol. The van der Waals surface area contributed by atoms with Gasteiger partial charge in [0.05, 0.1) is 0 Å². The number of rotatable bonds is 5. The number of hydrogen-bond donors (Lipinski definition) is 1. The fourth-order valence-electron chi connectivity index (χ4n) is 2.84. The number of sulfonamides is 1. The third-order valence-corrected chi connectivity index (χ3v) is 5.91. The van der Waals surface area contributed by atoms with Crippen LogP contribution in [0.1, 0.15) is 32.6 Å². The van der Waals surface area contributed by atoms with Gasteiger partial charge in [-0.3, -0.25) is 4.79 Å². The Morgan fingerprint density at radius 2 is 1.96 bits per heavy atom. The quantitative estimate of drug-likeness (QED) is 0.887. The van der Waals surface area contributed by atoms with E-state index < -0.39 is 26.6 Å². The van der Waals surface area contributed by atoms with Crippen molar-refractivity contribution in [3.63, 3.8) is 0 Å². The average molecular weight is 346 g/mol. The van der Waals surface area contributed by atoms with Crippen LogP contribution in [0.15, 0.2) is 23.1 Å². The van der Waals surface area contributed by atoms with E-state index in [4.69, 9.17) is 0 Å². The Kier molecular flexibility index (Phi) is 5.69. The Morgan fingerprint density at radius 3 is 2.57 bits per heavy atom. The summed E-state index contributed by atoms with van der Waals surface area (Å²) < 4.78 is 54.3. The molecule has 1 atom stereocenters. The van der Waals surface area contributed by atoms with E-state index in [1.165, 1.54) is 11.2 Å². The number of carbonyl (C=O) groups excluding carboxylic acids is 1. The number of nitrogens with one attached hydrogen (secondary N) is 1. The predicted octanol–water partition coefficient (Wildman–Crippen LogP) is 2.03. The molecule has 0 saturated carbocycles. The summed E-state index contributed by atoms with van der Waals surface area (Å²) in [6.07, 6.45) is 2.51. The van der Waals surface area contributed by atoms with Crippen molar-refractivity contribution in [1.29, 1.82) is 0 Å². The first-order valence-electron chi connectivity index (χ1n) is 7.54. The molecule has 0 bridgehead atoms. The molecular formula is C15H20F2N2O3S. The first kappa shape index (κ1) is 17.8. The van der Waals surface area contributed by atoms with Crippen LogP contribution in [-0.2, 0) is 14.8 Å². The van der Waals surface area contributed by atoms with E-state index in [2.05, 4.69) is 5.32 Å². The van der Waals surface area contributed by atoms with Crippen LogP contribution in [-0.4, -0.2) is 37.8 Å². The molecule has 23 heavy (non-hydrogen) atoms. The van der Waals surface area contributed by atoms with Gasteiger partial charge >= 0.3 is 0 Å². The van der Waals surface area contributed by atoms with Gasteiger partial charge < -0.3 is 5.32 Å². The largest absolute Gasteiger partial charge is 0.356 e. The summed E-state index contributed by atoms with van der Waals surface area (Å²) in [7, 11) is -4.25. The van der Waals surface area contributed by atoms with Gasteiger partial charge in [0.15, 0.2) is 4.90 Å². The molecule has 1 N–H and O–H groups in total. The van der Waals surface area contributed by atoms with Crippen molar-refractivity contribution in [3.8, 4) is 0 Å². The summed E-state index contributed by atoms with van der Waals surface area (Å²) >= 11 is 0. The van der Waals surface area contributed by atoms with Gasteiger partial charge in [0.1, 0.15) is 11.6 Å². The topological polar surface area (TPSA) is 66.5 Å². The molecule has 0 aromatic heterocycles. The van der Waals surface area contributed by atoms with Crippen molar-refractivity contribution in [2.24, 2.45) is 0 Å². The lowest BCUT2D eigenvalue weighted by atomic mass is 10.0. The molecule has 1 fully saturated rings. The third kappa shape index (κ3) is 4.06. The summed E-state index contributed by atoms with van der Waals surface area (Å²) in [5.74, 6) is -2.37. The molecule has 1 amide bonds. The summed E-state index contributed by atoms with van der Waals surface area (Å²) in [5.41, 5.74) is 0. The van der Waals surface area contributed by atoms with Crippen molar-refractivity contribution in [2.45, 2.75) is 43.5 Å². The molecule has 2 rings (SSSR count). The average Bonchev–Trinajstić information content (AvgIpc) is 2.47. The molecule has 8 heteroatoms. The van der Waals surface area contributed by atoms with Crippen LogP contribution in [0.2, 0.25) is 0 Å². The van der Waals surface area contributed by atoms with Gasteiger partial charge in [0.2, 0.25) is 15.9 Å². The monoisotopic (exact) mass is 346 g/mol. The second kappa shape index (κ2) is 7.35. The number of nitrogens with zero attached hydrogens (tertiary/aromatic N) is 1. The Labute approximate surface area is 134 Å². The van der Waals surface area contributed by atoms with Gasteiger partial charge in [0, 0.05) is 26.1 Å². The van der Waals surface area contributed by atoms with E-state index in [1.807, 2.05) is 0 Å². The second-order valence-corrected chi connectivity index (χ2v) is 7.42. The third-order valence-electron chi connectivity index (χ3n) is 3.91. The molecule has 0 radical (unpaired) electrons. The molecule has 1 aromatic rings. The van der Waals surface area contributed by atoms with Crippen molar-refractivity contribution in [1.82, 2.24) is 9.62 Å². The molecule has 1 aliphatic rings. The summed E-state index contributed by atoms with van der Waals surface area (Å²) in [4.78, 5) is 10.0. The number of amides is 1. The minimum Gasteiger partial charge on any atom is -0.356 e. The van der Waals surface area contributed by atoms with Crippen molar-refractivity contribution in [3.05, 3.63) is 29.8 Å². The van der Waals surface area contributed by atoms with Gasteiger partial charge in [-0.2, -0.15) is 4.31 Å². The highest BCUT2D eigenvalue weighted by Crippen LogP contribution is 2.29. The Bertz CT molecular complexity index is 659. The fraction of sp³-hybridized carbons (Fsp3) is 0.533. The lowest BCUT2D eigenvalue weighted by Gasteiger charge is -2.34. The molecule has 1 unspecified atom stereocenters. The summed E-state index contributed by atoms with van der Waals surface area (Å²) in [6.45, 7) is 1.93. The predicted molar refractivity (Wildman–Crippen MR) is 81.2 cm³/mol. The van der Waals surface area contributed by atoms with Crippen LogP contribution >= 0.6 is 0 Å². The maximum Gasteiger partial charge on any atom is 0.249 e. The van der Waals surface area contributed by atoms with E-state index in [0.29, 0.717) is 25.8 Å². The van der Waals surface area contributed by atoms with Crippen LogP contribution in [0.4, 0.5) is 8.78 Å². The molecule has 5 nitrogen and oxygen atoms in total. The Balaban J connectivity index is 2.26. The van der Waals surface area contributed by atoms with E-state index in [-0.39, 0.29) is 18.5 Å². The zero-order valence-electron chi connectivity index (χ0n) is 12.9. The van der Waals surface area contributed by atoms with Crippen LogP contribution in [0.25, 0.3) is 0 Å². The molecule has 1 saturated heterocycles. The smallest absolute Gasteiger partial charge is 0.249 e. The van der Waals surface area contributed by atoms with Crippen molar-refractivity contribution >= 4 is 15.9 Å². The van der Waals surface area contributed by atoms with Crippen LogP contribution in [0.5, 0.6) is 0 Å². The lowest BCUT2D eigenvalue weighted by Crippen LogP contribution is -2.45. The summed E-state index contributed by atoms with van der Waals surface area (Å²) in [5, 5.41) is 2.62. The number of benzene rings is 1. The van der Waals surface area contributed by atoms with Crippen molar-refractivity contribution in [2.75, 3.05) is 13.1 Å². The molecule has 1 aliphatic heterocycles. The Morgan fingerprint density at radius 1 is 1.30 bits per heavy atom. The Hall–Kier alpha value is -1.54. The normalized spacial score (nSPS) is 19.5. The zero-order valence-corrected chi connectivity index (χ0v) is 13.7. The minimum absolute atomic E-state index is 0.199. The minimum atomic E-state index is -4.25. The van der Waals surface area contributed by atoms with Crippen LogP contribution in [0.3, 0.4) is 0 Å². The van der Waals surface area contributed by atoms with Gasteiger partial charge in [-0.05, 0) is 31.4 Å². The number of piperidine rings is 1. The highest BCUT2D eigenvalue weighted by Gasteiger charge is 2.36. The molecule has 128 valence electrons. The van der Waals surface area contributed by atoms with Gasteiger partial charge in [-0.25, -0.2) is 17.2 Å². The van der Waals surface area contributed by atoms with E-state index >= 15 is 0 Å². The van der Waals surface area contributed by atoms with E-state index in [1.54, 1.807) is 0 Å². The molecule has 1 aromatic carbocycles. The highest BCUT2D eigenvalue weighted by molar-refractivity contribution is 7.89. The first-order valence-corrected chi connectivity index (χ1v) is 8.98. The van der Waals surface area contributed by atoms with E-state index in [9.17, 15) is 22.0 Å². The SMILES string of the molecule is CC(=O)NCCC1CCCCN1S(=O)(=O)c1c(F)cccc1F. The number of halogens is 2. The maximum absolute atomic E-state index is 13.9. The summed E-state index contributed by atoms with van der Waals surface area (Å²) in [6, 6.07) is 2.63. The standard InChI is InChI=1S/C15H20F2N2O3S/c1-11(20)18-9-8-12-5-2-3-10-19(12)23(21,22)15-13(16)6-4-7-14(15)17/h4,6-7,12H,2-3,5,8-10H2,1H3,(H,18,20). The molecule has 0 spiro atoms. The maximum atomic E-state index is 13.9.